The average Bonchev–Trinajstić information content (AvgIpc) is 3.22. The Morgan fingerprint density at radius 1 is 1.03 bits per heavy atom. The molecule has 0 saturated heterocycles. The number of ether oxygens (including phenoxy) is 1. The van der Waals surface area contributed by atoms with E-state index in [2.05, 4.69) is 5.32 Å². The number of hydrogen-bond acceptors (Lipinski definition) is 4. The maximum Gasteiger partial charge on any atom is 0.330 e. The highest BCUT2D eigenvalue weighted by molar-refractivity contribution is 5.96. The van der Waals surface area contributed by atoms with E-state index in [9.17, 15) is 14.4 Å². The second-order valence-electron chi connectivity index (χ2n) is 8.66. The monoisotopic (exact) mass is 460 g/mol. The molecule has 0 aliphatic heterocycles. The van der Waals surface area contributed by atoms with Crippen molar-refractivity contribution in [1.82, 2.24) is 13.7 Å². The van der Waals surface area contributed by atoms with E-state index in [1.807, 2.05) is 55.7 Å². The summed E-state index contributed by atoms with van der Waals surface area (Å²) >= 11 is 0. The van der Waals surface area contributed by atoms with E-state index in [1.165, 1.54) is 18.7 Å². The fourth-order valence-electron chi connectivity index (χ4n) is 4.06. The molecule has 4 aromatic rings. The van der Waals surface area contributed by atoms with E-state index in [-0.39, 0.29) is 17.4 Å². The van der Waals surface area contributed by atoms with Gasteiger partial charge >= 0.3 is 5.69 Å². The number of hydrogen-bond donors (Lipinski definition) is 1. The number of amides is 1. The molecule has 0 fully saturated rings. The van der Waals surface area contributed by atoms with Crippen molar-refractivity contribution in [3.05, 3.63) is 75.1 Å². The van der Waals surface area contributed by atoms with Crippen LogP contribution in [0.25, 0.3) is 27.8 Å². The summed E-state index contributed by atoms with van der Waals surface area (Å²) in [6, 6.07) is 13.2. The molecule has 0 radical (unpaired) electrons. The van der Waals surface area contributed by atoms with Gasteiger partial charge in [-0.3, -0.25) is 18.7 Å². The van der Waals surface area contributed by atoms with Crippen molar-refractivity contribution in [2.24, 2.45) is 20.0 Å². The molecule has 176 valence electrons. The lowest BCUT2D eigenvalue weighted by Gasteiger charge is -2.16. The standard InChI is InChI=1S/C26H28N4O4/c1-15(2)24(31)27-19-12-11-17(13-21(19)34-6)30-14-20-22(25(32)29(5)26(33)28(20)4)23(30)18-10-8-7-9-16(18)3/h7-15H,1-6H3,(H,27,31). The van der Waals surface area contributed by atoms with Crippen LogP contribution < -0.4 is 21.3 Å². The van der Waals surface area contributed by atoms with Gasteiger partial charge in [-0.1, -0.05) is 38.1 Å². The quantitative estimate of drug-likeness (QED) is 0.493. The van der Waals surface area contributed by atoms with Gasteiger partial charge in [0, 0.05) is 43.5 Å². The van der Waals surface area contributed by atoms with Crippen molar-refractivity contribution < 1.29 is 9.53 Å². The highest BCUT2D eigenvalue weighted by Crippen LogP contribution is 2.35. The highest BCUT2D eigenvalue weighted by Gasteiger charge is 2.22. The minimum Gasteiger partial charge on any atom is -0.494 e. The Morgan fingerprint density at radius 3 is 2.38 bits per heavy atom. The van der Waals surface area contributed by atoms with Gasteiger partial charge < -0.3 is 14.6 Å². The second kappa shape index (κ2) is 8.70. The van der Waals surface area contributed by atoms with Crippen LogP contribution in [-0.2, 0) is 18.9 Å². The zero-order valence-electron chi connectivity index (χ0n) is 20.2. The zero-order valence-corrected chi connectivity index (χ0v) is 20.2. The van der Waals surface area contributed by atoms with Crippen LogP contribution in [0.4, 0.5) is 5.69 Å². The summed E-state index contributed by atoms with van der Waals surface area (Å²) in [5.74, 6) is 0.197. The molecule has 4 rings (SSSR count). The van der Waals surface area contributed by atoms with Gasteiger partial charge in [0.15, 0.2) is 0 Å². The number of nitrogens with zero attached hydrogens (tertiary/aromatic N) is 3. The molecular formula is C26H28N4O4. The second-order valence-corrected chi connectivity index (χ2v) is 8.66. The van der Waals surface area contributed by atoms with Crippen LogP contribution in [-0.4, -0.2) is 26.7 Å². The summed E-state index contributed by atoms with van der Waals surface area (Å²) < 4.78 is 10.1. The van der Waals surface area contributed by atoms with Gasteiger partial charge in [-0.25, -0.2) is 4.79 Å². The molecule has 0 atom stereocenters. The van der Waals surface area contributed by atoms with Crippen molar-refractivity contribution >= 4 is 22.5 Å². The maximum absolute atomic E-state index is 13.3. The van der Waals surface area contributed by atoms with Crippen LogP contribution in [0.5, 0.6) is 5.75 Å². The number of nitrogens with one attached hydrogen (secondary N) is 1. The summed E-state index contributed by atoms with van der Waals surface area (Å²) in [6.07, 6.45) is 1.79. The molecule has 0 spiro atoms. The molecule has 0 aliphatic carbocycles. The molecule has 0 saturated carbocycles. The number of anilines is 1. The highest BCUT2D eigenvalue weighted by atomic mass is 16.5. The zero-order chi connectivity index (χ0) is 24.7. The van der Waals surface area contributed by atoms with E-state index in [1.54, 1.807) is 25.4 Å². The molecule has 1 N–H and O–H groups in total. The molecule has 34 heavy (non-hydrogen) atoms. The SMILES string of the molecule is COc1cc(-n2cc3c(c2-c2ccccc2C)c(=O)n(C)c(=O)n3C)ccc1NC(=O)C(C)C. The van der Waals surface area contributed by atoms with Crippen LogP contribution in [0.3, 0.4) is 0 Å². The summed E-state index contributed by atoms with van der Waals surface area (Å²) in [4.78, 5) is 38.1. The summed E-state index contributed by atoms with van der Waals surface area (Å²) in [5, 5.41) is 3.34. The number of carbonyl (C=O) groups is 1. The van der Waals surface area contributed by atoms with Gasteiger partial charge in [0.1, 0.15) is 5.75 Å². The van der Waals surface area contributed by atoms with Gasteiger partial charge in [-0.2, -0.15) is 0 Å². The Morgan fingerprint density at radius 2 is 1.74 bits per heavy atom. The van der Waals surface area contributed by atoms with Gasteiger partial charge in [-0.15, -0.1) is 0 Å². The number of aromatic nitrogens is 3. The Labute approximate surface area is 197 Å². The van der Waals surface area contributed by atoms with Crippen molar-refractivity contribution in [3.63, 3.8) is 0 Å². The van der Waals surface area contributed by atoms with Crippen LogP contribution in [0.1, 0.15) is 19.4 Å². The van der Waals surface area contributed by atoms with Crippen LogP contribution in [0.2, 0.25) is 0 Å². The fraction of sp³-hybridized carbons (Fsp3) is 0.269. The Balaban J connectivity index is 2.05. The van der Waals surface area contributed by atoms with E-state index in [0.717, 1.165) is 21.4 Å². The fourth-order valence-corrected chi connectivity index (χ4v) is 4.06. The van der Waals surface area contributed by atoms with Crippen molar-refractivity contribution in [3.8, 4) is 22.7 Å². The Bertz CT molecular complexity index is 1540. The first kappa shape index (κ1) is 23.1. The molecule has 8 heteroatoms. The lowest BCUT2D eigenvalue weighted by molar-refractivity contribution is -0.118. The predicted molar refractivity (Wildman–Crippen MR) is 134 cm³/mol. The van der Waals surface area contributed by atoms with Gasteiger partial charge in [0.05, 0.1) is 29.4 Å². The molecule has 0 aliphatic rings. The summed E-state index contributed by atoms with van der Waals surface area (Å²) in [7, 11) is 4.68. The van der Waals surface area contributed by atoms with E-state index < -0.39 is 5.69 Å². The Kier molecular flexibility index (Phi) is 5.91. The predicted octanol–water partition coefficient (Wildman–Crippen LogP) is 3.61. The molecule has 2 heterocycles. The third kappa shape index (κ3) is 3.71. The molecule has 0 unspecified atom stereocenters. The lowest BCUT2D eigenvalue weighted by atomic mass is 10.0. The van der Waals surface area contributed by atoms with E-state index >= 15 is 0 Å². The van der Waals surface area contributed by atoms with Crippen molar-refractivity contribution in [2.75, 3.05) is 12.4 Å². The first-order valence-corrected chi connectivity index (χ1v) is 11.0. The summed E-state index contributed by atoms with van der Waals surface area (Å²) in [6.45, 7) is 5.62. The van der Waals surface area contributed by atoms with Crippen molar-refractivity contribution in [2.45, 2.75) is 20.8 Å². The first-order valence-electron chi connectivity index (χ1n) is 11.0. The van der Waals surface area contributed by atoms with Crippen LogP contribution in [0.15, 0.2) is 58.3 Å². The largest absolute Gasteiger partial charge is 0.494 e. The van der Waals surface area contributed by atoms with E-state index in [0.29, 0.717) is 28.0 Å². The first-order chi connectivity index (χ1) is 16.1. The number of aryl methyl sites for hydroxylation is 2. The lowest BCUT2D eigenvalue weighted by Crippen LogP contribution is -2.36. The molecule has 8 nitrogen and oxygen atoms in total. The maximum atomic E-state index is 13.3. The normalized spacial score (nSPS) is 11.3. The Hall–Kier alpha value is -4.07. The van der Waals surface area contributed by atoms with E-state index in [4.69, 9.17) is 4.74 Å². The number of methoxy groups -OCH3 is 1. The third-order valence-corrected chi connectivity index (χ3v) is 6.08. The van der Waals surface area contributed by atoms with Gasteiger partial charge in [-0.05, 0) is 24.6 Å². The minimum atomic E-state index is -0.393. The minimum absolute atomic E-state index is 0.114. The number of rotatable bonds is 5. The van der Waals surface area contributed by atoms with Crippen LogP contribution >= 0.6 is 0 Å². The van der Waals surface area contributed by atoms with Gasteiger partial charge in [0.25, 0.3) is 5.56 Å². The summed E-state index contributed by atoms with van der Waals surface area (Å²) in [5.41, 5.74) is 3.62. The third-order valence-electron chi connectivity index (χ3n) is 6.08. The molecular weight excluding hydrogens is 432 g/mol. The van der Waals surface area contributed by atoms with Crippen molar-refractivity contribution in [1.29, 1.82) is 0 Å². The molecule has 0 bridgehead atoms. The molecule has 1 amide bonds. The number of benzene rings is 2. The smallest absolute Gasteiger partial charge is 0.330 e. The number of fused-ring (bicyclic) bond motifs is 1. The topological polar surface area (TPSA) is 87.3 Å². The number of carbonyl (C=O) groups excluding carboxylic acids is 1. The molecule has 2 aromatic heterocycles. The average molecular weight is 461 g/mol. The van der Waals surface area contributed by atoms with Crippen LogP contribution in [0, 0.1) is 12.8 Å². The van der Waals surface area contributed by atoms with Gasteiger partial charge in [0.2, 0.25) is 5.91 Å². The molecule has 2 aromatic carbocycles.